The Kier molecular flexibility index (Phi) is 6.43. The number of nitrogens with one attached hydrogen (secondary N) is 2. The van der Waals surface area contributed by atoms with Crippen LogP contribution >= 0.6 is 15.9 Å². The molecular formula is C28H27BrN2O4. The van der Waals surface area contributed by atoms with Crippen molar-refractivity contribution in [3.05, 3.63) is 87.5 Å². The van der Waals surface area contributed by atoms with Crippen molar-refractivity contribution in [3.8, 4) is 17.2 Å². The number of benzene rings is 3. The van der Waals surface area contributed by atoms with Gasteiger partial charge in [0.2, 0.25) is 0 Å². The number of phenolic OH excluding ortho intramolecular Hbond substituents is 1. The Labute approximate surface area is 213 Å². The van der Waals surface area contributed by atoms with E-state index >= 15 is 0 Å². The number of carbonyl (C=O) groups excluding carboxylic acids is 1. The summed E-state index contributed by atoms with van der Waals surface area (Å²) < 4.78 is 11.5. The number of methoxy groups -OCH3 is 1. The van der Waals surface area contributed by atoms with E-state index in [1.54, 1.807) is 7.11 Å². The van der Waals surface area contributed by atoms with E-state index in [0.717, 1.165) is 33.9 Å². The lowest BCUT2D eigenvalue weighted by molar-refractivity contribution is -0.116. The molecule has 3 aromatic rings. The summed E-state index contributed by atoms with van der Waals surface area (Å²) in [6.45, 7) is 2.29. The lowest BCUT2D eigenvalue weighted by atomic mass is 9.78. The first kappa shape index (κ1) is 23.3. The molecule has 180 valence electrons. The Morgan fingerprint density at radius 2 is 1.77 bits per heavy atom. The Bertz CT molecular complexity index is 1300. The summed E-state index contributed by atoms with van der Waals surface area (Å²) in [5.74, 6) is 1.38. The van der Waals surface area contributed by atoms with Gasteiger partial charge in [-0.15, -0.1) is 0 Å². The highest BCUT2D eigenvalue weighted by molar-refractivity contribution is 9.10. The predicted octanol–water partition coefficient (Wildman–Crippen LogP) is 6.54. The van der Waals surface area contributed by atoms with Crippen molar-refractivity contribution >= 4 is 33.1 Å². The van der Waals surface area contributed by atoms with Crippen molar-refractivity contribution in [2.24, 2.45) is 0 Å². The number of Topliss-reactive ketones (excluding diaryl/α,β-unsaturated/α-hetero) is 1. The second-order valence-corrected chi connectivity index (χ2v) is 9.58. The molecule has 1 aliphatic carbocycles. The zero-order valence-electron chi connectivity index (χ0n) is 19.6. The van der Waals surface area contributed by atoms with Crippen molar-refractivity contribution in [2.45, 2.75) is 31.7 Å². The van der Waals surface area contributed by atoms with Crippen LogP contribution in [0, 0.1) is 0 Å². The lowest BCUT2D eigenvalue weighted by Gasteiger charge is -2.30. The fraction of sp³-hybridized carbons (Fsp3) is 0.250. The average Bonchev–Trinajstić information content (AvgIpc) is 3.04. The molecule has 35 heavy (non-hydrogen) atoms. The monoisotopic (exact) mass is 534 g/mol. The zero-order valence-corrected chi connectivity index (χ0v) is 21.2. The van der Waals surface area contributed by atoms with E-state index < -0.39 is 6.04 Å². The van der Waals surface area contributed by atoms with Crippen LogP contribution in [0.1, 0.15) is 42.9 Å². The number of anilines is 2. The summed E-state index contributed by atoms with van der Waals surface area (Å²) in [6, 6.07) is 19.1. The molecule has 2 aliphatic rings. The topological polar surface area (TPSA) is 79.8 Å². The van der Waals surface area contributed by atoms with Crippen LogP contribution in [0.15, 0.2) is 76.4 Å². The molecule has 0 bridgehead atoms. The molecule has 0 aromatic heterocycles. The van der Waals surface area contributed by atoms with E-state index in [2.05, 4.69) is 26.6 Å². The lowest BCUT2D eigenvalue weighted by Crippen LogP contribution is -2.27. The average molecular weight is 535 g/mol. The van der Waals surface area contributed by atoms with Crippen molar-refractivity contribution in [2.75, 3.05) is 24.4 Å². The number of ketones is 1. The fourth-order valence-electron chi connectivity index (χ4n) is 4.88. The third-order valence-electron chi connectivity index (χ3n) is 6.58. The van der Waals surface area contributed by atoms with Gasteiger partial charge in [0.1, 0.15) is 5.75 Å². The molecule has 3 N–H and O–H groups in total. The molecule has 2 atom stereocenters. The van der Waals surface area contributed by atoms with Crippen LogP contribution in [0.2, 0.25) is 0 Å². The minimum atomic E-state index is -0.401. The quantitative estimate of drug-likeness (QED) is 0.344. The third kappa shape index (κ3) is 4.48. The molecule has 0 amide bonds. The van der Waals surface area contributed by atoms with E-state index in [4.69, 9.17) is 9.47 Å². The van der Waals surface area contributed by atoms with E-state index in [1.807, 2.05) is 67.6 Å². The summed E-state index contributed by atoms with van der Waals surface area (Å²) >= 11 is 3.46. The maximum absolute atomic E-state index is 13.7. The predicted molar refractivity (Wildman–Crippen MR) is 140 cm³/mol. The second-order valence-electron chi connectivity index (χ2n) is 8.72. The van der Waals surface area contributed by atoms with Crippen LogP contribution in [0.4, 0.5) is 11.4 Å². The van der Waals surface area contributed by atoms with Crippen molar-refractivity contribution < 1.29 is 19.4 Å². The number of halogens is 1. The van der Waals surface area contributed by atoms with Gasteiger partial charge in [-0.3, -0.25) is 4.79 Å². The molecule has 0 radical (unpaired) electrons. The van der Waals surface area contributed by atoms with Crippen LogP contribution in [-0.2, 0) is 4.79 Å². The number of hydrogen-bond donors (Lipinski definition) is 3. The first-order valence-corrected chi connectivity index (χ1v) is 12.5. The van der Waals surface area contributed by atoms with Gasteiger partial charge in [-0.2, -0.15) is 0 Å². The molecule has 6 nitrogen and oxygen atoms in total. The highest BCUT2D eigenvalue weighted by Gasteiger charge is 2.36. The third-order valence-corrected chi connectivity index (χ3v) is 7.18. The number of carbonyl (C=O) groups is 1. The summed E-state index contributed by atoms with van der Waals surface area (Å²) in [5.41, 5.74) is 5.40. The molecule has 0 spiro atoms. The van der Waals surface area contributed by atoms with Gasteiger partial charge in [0.25, 0.3) is 0 Å². The number of para-hydroxylation sites is 2. The van der Waals surface area contributed by atoms with Gasteiger partial charge >= 0.3 is 0 Å². The maximum atomic E-state index is 13.7. The first-order chi connectivity index (χ1) is 17.0. The van der Waals surface area contributed by atoms with Gasteiger partial charge in [-0.25, -0.2) is 0 Å². The Hall–Kier alpha value is -3.45. The van der Waals surface area contributed by atoms with Gasteiger partial charge in [0.05, 0.1) is 35.6 Å². The van der Waals surface area contributed by atoms with Crippen LogP contribution in [0.25, 0.3) is 0 Å². The summed E-state index contributed by atoms with van der Waals surface area (Å²) in [7, 11) is 1.65. The largest absolute Gasteiger partial charge is 0.503 e. The SMILES string of the molecule is CCOc1cc([C@H]2Nc3ccccc3NC3=C2C(=O)C[C@H](c2ccc(OC)cc2)C3)cc(Br)c1O. The number of allylic oxidation sites excluding steroid dienone is 1. The van der Waals surface area contributed by atoms with E-state index in [-0.39, 0.29) is 17.5 Å². The second kappa shape index (κ2) is 9.66. The summed E-state index contributed by atoms with van der Waals surface area (Å²) in [6.07, 6.45) is 1.12. The molecule has 7 heteroatoms. The molecular weight excluding hydrogens is 508 g/mol. The first-order valence-electron chi connectivity index (χ1n) is 11.7. The van der Waals surface area contributed by atoms with Crippen molar-refractivity contribution in [1.82, 2.24) is 0 Å². The van der Waals surface area contributed by atoms with Crippen LogP contribution in [0.5, 0.6) is 17.2 Å². The van der Waals surface area contributed by atoms with Gasteiger partial charge in [0, 0.05) is 17.7 Å². The zero-order chi connectivity index (χ0) is 24.5. The maximum Gasteiger partial charge on any atom is 0.172 e. The molecule has 0 saturated heterocycles. The number of aromatic hydroxyl groups is 1. The fourth-order valence-corrected chi connectivity index (χ4v) is 5.34. The van der Waals surface area contributed by atoms with Gasteiger partial charge in [-0.1, -0.05) is 24.3 Å². The number of fused-ring (bicyclic) bond motifs is 1. The molecule has 0 unspecified atom stereocenters. The summed E-state index contributed by atoms with van der Waals surface area (Å²) in [5, 5.41) is 17.6. The molecule has 3 aromatic carbocycles. The smallest absolute Gasteiger partial charge is 0.172 e. The van der Waals surface area contributed by atoms with E-state index in [0.29, 0.717) is 35.2 Å². The van der Waals surface area contributed by atoms with Crippen LogP contribution in [0.3, 0.4) is 0 Å². The minimum Gasteiger partial charge on any atom is -0.503 e. The number of ether oxygens (including phenoxy) is 2. The minimum absolute atomic E-state index is 0.0477. The van der Waals surface area contributed by atoms with Gasteiger partial charge < -0.3 is 25.2 Å². The molecule has 0 saturated carbocycles. The molecule has 5 rings (SSSR count). The van der Waals surface area contributed by atoms with Crippen LogP contribution < -0.4 is 20.1 Å². The molecule has 0 fully saturated rings. The standard InChI is InChI=1S/C28H27BrN2O4/c1-3-35-25-15-18(12-20(29)28(25)33)27-26-23(30-21-6-4-5-7-22(21)31-27)13-17(14-24(26)32)16-8-10-19(34-2)11-9-16/h4-12,15,17,27,30-31,33H,3,13-14H2,1-2H3/t17-,27-/m1/s1. The van der Waals surface area contributed by atoms with Gasteiger partial charge in [0.15, 0.2) is 17.3 Å². The highest BCUT2D eigenvalue weighted by Crippen LogP contribution is 2.46. The summed E-state index contributed by atoms with van der Waals surface area (Å²) in [4.78, 5) is 13.7. The Morgan fingerprint density at radius 1 is 1.03 bits per heavy atom. The van der Waals surface area contributed by atoms with E-state index in [9.17, 15) is 9.90 Å². The highest BCUT2D eigenvalue weighted by atomic mass is 79.9. The number of phenols is 1. The van der Waals surface area contributed by atoms with Gasteiger partial charge in [-0.05, 0) is 82.7 Å². The molecule has 1 aliphatic heterocycles. The Morgan fingerprint density at radius 3 is 2.49 bits per heavy atom. The number of hydrogen-bond acceptors (Lipinski definition) is 6. The van der Waals surface area contributed by atoms with Crippen molar-refractivity contribution in [3.63, 3.8) is 0 Å². The number of rotatable bonds is 5. The Balaban J connectivity index is 1.60. The van der Waals surface area contributed by atoms with E-state index in [1.165, 1.54) is 0 Å². The molecule has 1 heterocycles. The van der Waals surface area contributed by atoms with Crippen molar-refractivity contribution in [1.29, 1.82) is 0 Å². The normalized spacial score (nSPS) is 19.1. The van der Waals surface area contributed by atoms with Crippen LogP contribution in [-0.4, -0.2) is 24.6 Å².